The molecule has 3 aromatic rings. The van der Waals surface area contributed by atoms with Gasteiger partial charge in [0.05, 0.1) is 10.9 Å². The zero-order valence-corrected chi connectivity index (χ0v) is 20.6. The minimum absolute atomic E-state index is 0.215. The molecule has 1 unspecified atom stereocenters. The van der Waals surface area contributed by atoms with Crippen LogP contribution in [0.15, 0.2) is 59.0 Å². The molecule has 0 bridgehead atoms. The molecule has 0 radical (unpaired) electrons. The Balaban J connectivity index is 1.38. The number of benzene rings is 1. The minimum atomic E-state index is 0.215. The summed E-state index contributed by atoms with van der Waals surface area (Å²) in [6.07, 6.45) is 7.69. The predicted molar refractivity (Wildman–Crippen MR) is 133 cm³/mol. The van der Waals surface area contributed by atoms with Crippen LogP contribution in [0.3, 0.4) is 0 Å². The molecule has 0 spiro atoms. The van der Waals surface area contributed by atoms with Crippen LogP contribution in [0.25, 0.3) is 0 Å². The average Bonchev–Trinajstić information content (AvgIpc) is 3.33. The highest BCUT2D eigenvalue weighted by atomic mass is 32.2. The molecule has 7 heteroatoms. The fraction of sp³-hybridized carbons (Fsp3) is 0.440. The van der Waals surface area contributed by atoms with Crippen molar-refractivity contribution in [3.8, 4) is 0 Å². The number of aromatic amines is 1. The zero-order valence-electron chi connectivity index (χ0n) is 18.9. The van der Waals surface area contributed by atoms with Gasteiger partial charge in [-0.3, -0.25) is 9.88 Å². The second-order valence-corrected chi connectivity index (χ2v) is 10.3. The van der Waals surface area contributed by atoms with Crippen LogP contribution in [0.4, 0.5) is 0 Å². The van der Waals surface area contributed by atoms with Crippen LogP contribution in [-0.2, 0) is 17.7 Å². The van der Waals surface area contributed by atoms with Crippen molar-refractivity contribution in [3.05, 3.63) is 71.3 Å². The van der Waals surface area contributed by atoms with E-state index in [4.69, 9.17) is 9.72 Å². The summed E-state index contributed by atoms with van der Waals surface area (Å²) in [7, 11) is 0. The van der Waals surface area contributed by atoms with E-state index in [1.165, 1.54) is 21.6 Å². The van der Waals surface area contributed by atoms with Gasteiger partial charge in [0.15, 0.2) is 5.16 Å². The lowest BCUT2D eigenvalue weighted by atomic mass is 10.0. The van der Waals surface area contributed by atoms with Crippen LogP contribution in [-0.4, -0.2) is 51.9 Å². The molecule has 170 valence electrons. The summed E-state index contributed by atoms with van der Waals surface area (Å²) >= 11 is 3.68. The van der Waals surface area contributed by atoms with E-state index in [1.54, 1.807) is 18.0 Å². The van der Waals surface area contributed by atoms with Crippen molar-refractivity contribution in [2.75, 3.05) is 32.1 Å². The van der Waals surface area contributed by atoms with Crippen LogP contribution < -0.4 is 0 Å². The van der Waals surface area contributed by atoms with Gasteiger partial charge < -0.3 is 9.72 Å². The van der Waals surface area contributed by atoms with Gasteiger partial charge in [-0.05, 0) is 49.4 Å². The molecule has 2 aromatic heterocycles. The standard InChI is InChI=1S/C25H32N4OS2/c1-3-30-16-10-23(32-25-27-12-13-28-25)24-19(2)22(8-11-26-24)31-17-15-29-14-9-20-6-4-5-7-21(20)18-29/h4-8,11-13,23H,3,9-10,14-18H2,1-2H3,(H,27,28). The smallest absolute Gasteiger partial charge is 0.165 e. The van der Waals surface area contributed by atoms with Gasteiger partial charge in [0, 0.05) is 62.1 Å². The number of pyridine rings is 1. The molecule has 1 aliphatic heterocycles. The Morgan fingerprint density at radius 1 is 1.16 bits per heavy atom. The monoisotopic (exact) mass is 468 g/mol. The Bertz CT molecular complexity index is 980. The van der Waals surface area contributed by atoms with E-state index in [9.17, 15) is 0 Å². The van der Waals surface area contributed by atoms with Crippen molar-refractivity contribution < 1.29 is 4.74 Å². The van der Waals surface area contributed by atoms with Crippen LogP contribution in [0.5, 0.6) is 0 Å². The maximum Gasteiger partial charge on any atom is 0.165 e. The number of aromatic nitrogens is 3. The summed E-state index contributed by atoms with van der Waals surface area (Å²) in [4.78, 5) is 16.3. The van der Waals surface area contributed by atoms with Crippen molar-refractivity contribution in [2.24, 2.45) is 0 Å². The molecule has 0 amide bonds. The molecule has 5 nitrogen and oxygen atoms in total. The van der Waals surface area contributed by atoms with E-state index in [-0.39, 0.29) is 5.25 Å². The van der Waals surface area contributed by atoms with Crippen LogP contribution in [0.1, 0.15) is 41.0 Å². The van der Waals surface area contributed by atoms with Crippen LogP contribution >= 0.6 is 23.5 Å². The Kier molecular flexibility index (Phi) is 8.68. The van der Waals surface area contributed by atoms with Crippen molar-refractivity contribution in [2.45, 2.75) is 48.5 Å². The number of imidazole rings is 1. The maximum absolute atomic E-state index is 5.65. The van der Waals surface area contributed by atoms with E-state index >= 15 is 0 Å². The molecule has 1 aromatic carbocycles. The van der Waals surface area contributed by atoms with E-state index in [2.05, 4.69) is 52.1 Å². The lowest BCUT2D eigenvalue weighted by Crippen LogP contribution is -2.32. The highest BCUT2D eigenvalue weighted by Gasteiger charge is 2.20. The Morgan fingerprint density at radius 2 is 2.03 bits per heavy atom. The lowest BCUT2D eigenvalue weighted by molar-refractivity contribution is 0.144. The van der Waals surface area contributed by atoms with Gasteiger partial charge in [0.25, 0.3) is 0 Å². The summed E-state index contributed by atoms with van der Waals surface area (Å²) in [5.41, 5.74) is 5.42. The summed E-state index contributed by atoms with van der Waals surface area (Å²) in [6.45, 7) is 9.03. The van der Waals surface area contributed by atoms with E-state index in [0.717, 1.165) is 62.3 Å². The lowest BCUT2D eigenvalue weighted by Gasteiger charge is -2.28. The SMILES string of the molecule is CCOCCC(Sc1ncc[nH]1)c1nccc(SCCN2CCc3ccccc3C2)c1C. The molecule has 0 fully saturated rings. The second kappa shape index (κ2) is 11.9. The molecule has 32 heavy (non-hydrogen) atoms. The van der Waals surface area contributed by atoms with E-state index < -0.39 is 0 Å². The third-order valence-corrected chi connectivity index (χ3v) is 8.16. The van der Waals surface area contributed by atoms with Crippen molar-refractivity contribution in [1.29, 1.82) is 0 Å². The fourth-order valence-electron chi connectivity index (χ4n) is 4.08. The third-order valence-electron chi connectivity index (χ3n) is 5.83. The number of hydrogen-bond acceptors (Lipinski definition) is 6. The van der Waals surface area contributed by atoms with Gasteiger partial charge in [-0.15, -0.1) is 11.8 Å². The first-order valence-electron chi connectivity index (χ1n) is 11.4. The molecule has 3 heterocycles. The zero-order chi connectivity index (χ0) is 22.2. The number of thioether (sulfide) groups is 2. The molecule has 1 aliphatic rings. The second-order valence-electron chi connectivity index (χ2n) is 7.95. The van der Waals surface area contributed by atoms with Gasteiger partial charge in [0.1, 0.15) is 0 Å². The molecule has 0 saturated carbocycles. The number of hydrogen-bond donors (Lipinski definition) is 1. The highest BCUT2D eigenvalue weighted by molar-refractivity contribution is 7.99. The first-order chi connectivity index (χ1) is 15.7. The number of ether oxygens (including phenoxy) is 1. The normalized spacial score (nSPS) is 14.9. The first-order valence-corrected chi connectivity index (χ1v) is 13.2. The molecule has 4 rings (SSSR count). The summed E-state index contributed by atoms with van der Waals surface area (Å²) < 4.78 is 5.65. The first kappa shape index (κ1) is 23.4. The quantitative estimate of drug-likeness (QED) is 0.295. The van der Waals surface area contributed by atoms with Crippen LogP contribution in [0, 0.1) is 6.92 Å². The molecule has 1 N–H and O–H groups in total. The van der Waals surface area contributed by atoms with Gasteiger partial charge in [-0.25, -0.2) is 4.98 Å². The van der Waals surface area contributed by atoms with Crippen molar-refractivity contribution >= 4 is 23.5 Å². The Morgan fingerprint density at radius 3 is 2.84 bits per heavy atom. The van der Waals surface area contributed by atoms with Crippen LogP contribution in [0.2, 0.25) is 0 Å². The largest absolute Gasteiger partial charge is 0.382 e. The molecule has 1 atom stereocenters. The van der Waals surface area contributed by atoms with Gasteiger partial charge in [0.2, 0.25) is 0 Å². The summed E-state index contributed by atoms with van der Waals surface area (Å²) in [5, 5.41) is 1.14. The van der Waals surface area contributed by atoms with Gasteiger partial charge >= 0.3 is 0 Å². The molecule has 0 aliphatic carbocycles. The van der Waals surface area contributed by atoms with E-state index in [0.29, 0.717) is 0 Å². The van der Waals surface area contributed by atoms with Crippen molar-refractivity contribution in [3.63, 3.8) is 0 Å². The van der Waals surface area contributed by atoms with Gasteiger partial charge in [-0.2, -0.15) is 0 Å². The van der Waals surface area contributed by atoms with Crippen molar-refractivity contribution in [1.82, 2.24) is 19.9 Å². The predicted octanol–water partition coefficient (Wildman–Crippen LogP) is 5.52. The Hall–Kier alpha value is -1.80. The fourth-order valence-corrected chi connectivity index (χ4v) is 6.22. The summed E-state index contributed by atoms with van der Waals surface area (Å²) in [6, 6.07) is 11.0. The third kappa shape index (κ3) is 6.16. The Labute approximate surface area is 199 Å². The topological polar surface area (TPSA) is 54.0 Å². The number of H-pyrrole nitrogens is 1. The number of nitrogens with one attached hydrogen (secondary N) is 1. The average molecular weight is 469 g/mol. The molecule has 0 saturated heterocycles. The van der Waals surface area contributed by atoms with Gasteiger partial charge in [-0.1, -0.05) is 36.0 Å². The number of fused-ring (bicyclic) bond motifs is 1. The number of rotatable bonds is 11. The molecular formula is C25H32N4OS2. The minimum Gasteiger partial charge on any atom is -0.382 e. The molecular weight excluding hydrogens is 436 g/mol. The maximum atomic E-state index is 5.65. The number of nitrogens with zero attached hydrogens (tertiary/aromatic N) is 3. The highest BCUT2D eigenvalue weighted by Crippen LogP contribution is 2.38. The summed E-state index contributed by atoms with van der Waals surface area (Å²) in [5.74, 6) is 1.08. The van der Waals surface area contributed by atoms with E-state index in [1.807, 2.05) is 31.1 Å².